The van der Waals surface area contributed by atoms with Crippen molar-refractivity contribution < 1.29 is 4.79 Å². The van der Waals surface area contributed by atoms with Crippen LogP contribution < -0.4 is 5.32 Å². The van der Waals surface area contributed by atoms with Crippen LogP contribution in [0, 0.1) is 11.8 Å². The van der Waals surface area contributed by atoms with Gasteiger partial charge in [-0.05, 0) is 17.4 Å². The van der Waals surface area contributed by atoms with E-state index in [9.17, 15) is 4.79 Å². The molecule has 3 nitrogen and oxygen atoms in total. The topological polar surface area (TPSA) is 32.3 Å². The van der Waals surface area contributed by atoms with E-state index in [4.69, 9.17) is 0 Å². The Hall–Kier alpha value is -1.35. The molecular formula is C18H28N2O. The van der Waals surface area contributed by atoms with Crippen LogP contribution in [0.5, 0.6) is 0 Å². The number of hydrogen-bond acceptors (Lipinski definition) is 2. The van der Waals surface area contributed by atoms with Gasteiger partial charge in [0, 0.05) is 25.2 Å². The lowest BCUT2D eigenvalue weighted by Crippen LogP contribution is -2.61. The maximum Gasteiger partial charge on any atom is 0.227 e. The van der Waals surface area contributed by atoms with Crippen LogP contribution in [0.25, 0.3) is 0 Å². The van der Waals surface area contributed by atoms with Crippen molar-refractivity contribution in [3.63, 3.8) is 0 Å². The predicted octanol–water partition coefficient (Wildman–Crippen LogP) is 2.71. The Labute approximate surface area is 128 Å². The molecule has 1 amide bonds. The lowest BCUT2D eigenvalue weighted by atomic mass is 9.93. The van der Waals surface area contributed by atoms with Crippen molar-refractivity contribution in [1.82, 2.24) is 10.2 Å². The number of nitrogens with zero attached hydrogens (tertiary/aromatic N) is 1. The molecule has 1 aliphatic rings. The van der Waals surface area contributed by atoms with Gasteiger partial charge in [0.1, 0.15) is 0 Å². The summed E-state index contributed by atoms with van der Waals surface area (Å²) in [5.41, 5.74) is 1.10. The molecule has 0 aromatic heterocycles. The van der Waals surface area contributed by atoms with E-state index in [-0.39, 0.29) is 5.91 Å². The van der Waals surface area contributed by atoms with Crippen LogP contribution in [0.4, 0.5) is 0 Å². The molecule has 2 unspecified atom stereocenters. The lowest BCUT2D eigenvalue weighted by Gasteiger charge is -2.43. The third-order valence-electron chi connectivity index (χ3n) is 4.48. The third-order valence-corrected chi connectivity index (χ3v) is 4.48. The highest BCUT2D eigenvalue weighted by Crippen LogP contribution is 2.19. The maximum atomic E-state index is 12.7. The van der Waals surface area contributed by atoms with E-state index in [1.54, 1.807) is 0 Å². The minimum Gasteiger partial charge on any atom is -0.336 e. The molecule has 2 rings (SSSR count). The first-order valence-corrected chi connectivity index (χ1v) is 8.05. The largest absolute Gasteiger partial charge is 0.336 e. The summed E-state index contributed by atoms with van der Waals surface area (Å²) in [4.78, 5) is 14.9. The average molecular weight is 288 g/mol. The van der Waals surface area contributed by atoms with Gasteiger partial charge in [-0.2, -0.15) is 0 Å². The predicted molar refractivity (Wildman–Crippen MR) is 87.1 cm³/mol. The Kier molecular flexibility index (Phi) is 5.40. The molecule has 1 aromatic carbocycles. The number of carbonyl (C=O) groups is 1. The molecule has 1 heterocycles. The molecule has 2 atom stereocenters. The molecule has 3 heteroatoms. The Morgan fingerprint density at radius 1 is 1.19 bits per heavy atom. The summed E-state index contributed by atoms with van der Waals surface area (Å²) in [5.74, 6) is 1.28. The van der Waals surface area contributed by atoms with E-state index >= 15 is 0 Å². The fourth-order valence-corrected chi connectivity index (χ4v) is 3.00. The normalized spacial score (nSPS) is 22.9. The Morgan fingerprint density at radius 2 is 1.86 bits per heavy atom. The van der Waals surface area contributed by atoms with Gasteiger partial charge in [0.05, 0.1) is 6.42 Å². The van der Waals surface area contributed by atoms with Gasteiger partial charge in [0.15, 0.2) is 0 Å². The van der Waals surface area contributed by atoms with Crippen LogP contribution in [0.1, 0.15) is 33.3 Å². The van der Waals surface area contributed by atoms with Crippen molar-refractivity contribution in [1.29, 1.82) is 0 Å². The standard InChI is InChI=1S/C18H28N2O/c1-13(2)16-12-20(17(11-19-16)14(3)4)18(21)10-15-8-6-5-7-9-15/h5-9,13-14,16-17,19H,10-12H2,1-4H3. The quantitative estimate of drug-likeness (QED) is 0.924. The van der Waals surface area contributed by atoms with Crippen LogP contribution >= 0.6 is 0 Å². The highest BCUT2D eigenvalue weighted by atomic mass is 16.2. The van der Waals surface area contributed by atoms with Gasteiger partial charge >= 0.3 is 0 Å². The first-order chi connectivity index (χ1) is 9.99. The van der Waals surface area contributed by atoms with E-state index in [0.29, 0.717) is 30.3 Å². The van der Waals surface area contributed by atoms with Gasteiger partial charge in [-0.1, -0.05) is 58.0 Å². The van der Waals surface area contributed by atoms with Gasteiger partial charge in [-0.25, -0.2) is 0 Å². The molecule has 1 aromatic rings. The van der Waals surface area contributed by atoms with Crippen molar-refractivity contribution in [2.45, 2.75) is 46.2 Å². The van der Waals surface area contributed by atoms with Gasteiger partial charge in [0.2, 0.25) is 5.91 Å². The Morgan fingerprint density at radius 3 is 2.43 bits per heavy atom. The molecular weight excluding hydrogens is 260 g/mol. The van der Waals surface area contributed by atoms with Crippen molar-refractivity contribution in [2.24, 2.45) is 11.8 Å². The third kappa shape index (κ3) is 4.07. The number of amides is 1. The summed E-state index contributed by atoms with van der Waals surface area (Å²) >= 11 is 0. The van der Waals surface area contributed by atoms with Crippen molar-refractivity contribution in [2.75, 3.05) is 13.1 Å². The second-order valence-electron chi connectivity index (χ2n) is 6.78. The number of rotatable bonds is 4. The van der Waals surface area contributed by atoms with Crippen LogP contribution in [0.2, 0.25) is 0 Å². The fraction of sp³-hybridized carbons (Fsp3) is 0.611. The number of benzene rings is 1. The molecule has 116 valence electrons. The number of piperazine rings is 1. The van der Waals surface area contributed by atoms with Gasteiger partial charge < -0.3 is 10.2 Å². The van der Waals surface area contributed by atoms with Crippen LogP contribution in [0.3, 0.4) is 0 Å². The van der Waals surface area contributed by atoms with Crippen molar-refractivity contribution in [3.05, 3.63) is 35.9 Å². The second kappa shape index (κ2) is 7.08. The zero-order valence-corrected chi connectivity index (χ0v) is 13.7. The minimum atomic E-state index is 0.257. The van der Waals surface area contributed by atoms with Crippen LogP contribution in [-0.2, 0) is 11.2 Å². The van der Waals surface area contributed by atoms with Crippen molar-refractivity contribution >= 4 is 5.91 Å². The van der Waals surface area contributed by atoms with Crippen LogP contribution in [-0.4, -0.2) is 36.0 Å². The molecule has 0 aliphatic carbocycles. The smallest absolute Gasteiger partial charge is 0.227 e. The minimum absolute atomic E-state index is 0.257. The zero-order chi connectivity index (χ0) is 15.4. The molecule has 1 aliphatic heterocycles. The first-order valence-electron chi connectivity index (χ1n) is 8.05. The van der Waals surface area contributed by atoms with E-state index in [0.717, 1.165) is 18.7 Å². The van der Waals surface area contributed by atoms with Gasteiger partial charge in [0.25, 0.3) is 0 Å². The van der Waals surface area contributed by atoms with Crippen molar-refractivity contribution in [3.8, 4) is 0 Å². The van der Waals surface area contributed by atoms with Crippen LogP contribution in [0.15, 0.2) is 30.3 Å². The molecule has 0 radical (unpaired) electrons. The number of carbonyl (C=O) groups excluding carboxylic acids is 1. The highest BCUT2D eigenvalue weighted by molar-refractivity contribution is 5.79. The molecule has 1 fully saturated rings. The second-order valence-corrected chi connectivity index (χ2v) is 6.78. The summed E-state index contributed by atoms with van der Waals surface area (Å²) in [7, 11) is 0. The summed E-state index contributed by atoms with van der Waals surface area (Å²) in [6, 6.07) is 10.8. The van der Waals surface area contributed by atoms with E-state index in [2.05, 4.69) is 37.9 Å². The summed E-state index contributed by atoms with van der Waals surface area (Å²) < 4.78 is 0. The monoisotopic (exact) mass is 288 g/mol. The number of nitrogens with one attached hydrogen (secondary N) is 1. The van der Waals surface area contributed by atoms with E-state index < -0.39 is 0 Å². The Balaban J connectivity index is 2.09. The van der Waals surface area contributed by atoms with E-state index in [1.165, 1.54) is 0 Å². The summed E-state index contributed by atoms with van der Waals surface area (Å²) in [6.45, 7) is 10.6. The Bertz CT molecular complexity index is 456. The molecule has 0 spiro atoms. The van der Waals surface area contributed by atoms with Gasteiger partial charge in [-0.15, -0.1) is 0 Å². The first kappa shape index (κ1) is 16.0. The molecule has 1 N–H and O–H groups in total. The number of hydrogen-bond donors (Lipinski definition) is 1. The summed E-state index contributed by atoms with van der Waals surface area (Å²) in [5, 5.41) is 3.60. The summed E-state index contributed by atoms with van der Waals surface area (Å²) in [6.07, 6.45) is 0.509. The fourth-order valence-electron chi connectivity index (χ4n) is 3.00. The highest BCUT2D eigenvalue weighted by Gasteiger charge is 2.33. The molecule has 0 bridgehead atoms. The molecule has 21 heavy (non-hydrogen) atoms. The molecule has 1 saturated heterocycles. The average Bonchev–Trinajstić information content (AvgIpc) is 2.47. The van der Waals surface area contributed by atoms with Gasteiger partial charge in [-0.3, -0.25) is 4.79 Å². The maximum absolute atomic E-state index is 12.7. The SMILES string of the molecule is CC(C)C1CN(C(=O)Cc2ccccc2)C(C(C)C)CN1. The zero-order valence-electron chi connectivity index (χ0n) is 13.7. The van der Waals surface area contributed by atoms with E-state index in [1.807, 2.05) is 30.3 Å². The lowest BCUT2D eigenvalue weighted by molar-refractivity contribution is -0.135. The molecule has 0 saturated carbocycles.